The Hall–Kier alpha value is -2.53. The van der Waals surface area contributed by atoms with E-state index >= 15 is 0 Å². The largest absolute Gasteiger partial charge is 0.491 e. The number of aliphatic carboxylic acids is 1. The Morgan fingerprint density at radius 3 is 2.54 bits per heavy atom. The van der Waals surface area contributed by atoms with E-state index in [1.165, 1.54) is 4.88 Å². The first-order chi connectivity index (χ1) is 12.6. The topological polar surface area (TPSA) is 51.5 Å². The Balaban J connectivity index is 1.78. The van der Waals surface area contributed by atoms with Crippen molar-refractivity contribution in [3.63, 3.8) is 0 Å². The van der Waals surface area contributed by atoms with Gasteiger partial charge >= 0.3 is 5.97 Å². The van der Waals surface area contributed by atoms with Crippen LogP contribution in [0.25, 0.3) is 10.6 Å². The fraction of sp³-hybridized carbons (Fsp3) is 0.286. The van der Waals surface area contributed by atoms with E-state index in [0.29, 0.717) is 19.6 Å². The number of benzene rings is 1. The summed E-state index contributed by atoms with van der Waals surface area (Å²) in [6, 6.07) is 14.3. The third-order valence-electron chi connectivity index (χ3n) is 4.41. The molecule has 4 nitrogen and oxygen atoms in total. The maximum Gasteiger partial charge on any atom is 0.303 e. The highest BCUT2D eigenvalue weighted by molar-refractivity contribution is 7.13. The fourth-order valence-corrected chi connectivity index (χ4v) is 3.89. The average molecular weight is 369 g/mol. The summed E-state index contributed by atoms with van der Waals surface area (Å²) in [7, 11) is 0. The second-order valence-corrected chi connectivity index (χ2v) is 7.25. The summed E-state index contributed by atoms with van der Waals surface area (Å²) < 4.78 is 8.24. The third kappa shape index (κ3) is 4.17. The number of carbonyl (C=O) groups is 1. The van der Waals surface area contributed by atoms with E-state index in [2.05, 4.69) is 22.1 Å². The molecule has 5 heteroatoms. The van der Waals surface area contributed by atoms with Crippen LogP contribution in [0.1, 0.15) is 23.2 Å². The van der Waals surface area contributed by atoms with Gasteiger partial charge in [-0.15, -0.1) is 11.3 Å². The van der Waals surface area contributed by atoms with Crippen molar-refractivity contribution >= 4 is 17.3 Å². The number of nitrogens with zero attached hydrogens (tertiary/aromatic N) is 1. The minimum absolute atomic E-state index is 0.131. The molecular formula is C21H23NO3S. The van der Waals surface area contributed by atoms with E-state index in [0.717, 1.165) is 28.3 Å². The lowest BCUT2D eigenvalue weighted by Gasteiger charge is -2.16. The van der Waals surface area contributed by atoms with Crippen molar-refractivity contribution in [3.8, 4) is 16.3 Å². The quantitative estimate of drug-likeness (QED) is 0.612. The van der Waals surface area contributed by atoms with Gasteiger partial charge in [0.1, 0.15) is 12.4 Å². The number of aryl methyl sites for hydroxylation is 3. The molecule has 0 aliphatic carbocycles. The van der Waals surface area contributed by atoms with Gasteiger partial charge in [0.05, 0.1) is 23.5 Å². The van der Waals surface area contributed by atoms with Crippen LogP contribution < -0.4 is 4.74 Å². The summed E-state index contributed by atoms with van der Waals surface area (Å²) in [6.07, 6.45) is 0.649. The molecule has 0 bridgehead atoms. The van der Waals surface area contributed by atoms with Crippen molar-refractivity contribution in [2.75, 3.05) is 6.61 Å². The molecule has 0 atom stereocenters. The van der Waals surface area contributed by atoms with E-state index in [1.54, 1.807) is 11.3 Å². The molecule has 0 fully saturated rings. The Bertz CT molecular complexity index is 861. The number of carboxylic acids is 1. The third-order valence-corrected chi connectivity index (χ3v) is 5.30. The van der Waals surface area contributed by atoms with Crippen LogP contribution >= 0.6 is 11.3 Å². The Labute approximate surface area is 157 Å². The van der Waals surface area contributed by atoms with Crippen LogP contribution in [0.5, 0.6) is 5.75 Å². The number of hydrogen-bond acceptors (Lipinski definition) is 3. The molecule has 3 aromatic rings. The van der Waals surface area contributed by atoms with E-state index in [1.807, 2.05) is 44.2 Å². The molecule has 2 heterocycles. The Kier molecular flexibility index (Phi) is 5.78. The number of ether oxygens (including phenoxy) is 1. The van der Waals surface area contributed by atoms with Gasteiger partial charge < -0.3 is 14.4 Å². The van der Waals surface area contributed by atoms with Crippen LogP contribution in [0.3, 0.4) is 0 Å². The molecule has 26 heavy (non-hydrogen) atoms. The molecule has 0 spiro atoms. The second-order valence-electron chi connectivity index (χ2n) is 6.30. The van der Waals surface area contributed by atoms with Gasteiger partial charge in [-0.2, -0.15) is 0 Å². The van der Waals surface area contributed by atoms with Crippen molar-refractivity contribution in [1.82, 2.24) is 4.57 Å². The minimum Gasteiger partial charge on any atom is -0.491 e. The summed E-state index contributed by atoms with van der Waals surface area (Å²) in [5, 5.41) is 11.1. The number of para-hydroxylation sites is 1. The van der Waals surface area contributed by atoms with Gasteiger partial charge in [0.2, 0.25) is 0 Å². The van der Waals surface area contributed by atoms with Crippen molar-refractivity contribution < 1.29 is 14.6 Å². The van der Waals surface area contributed by atoms with Crippen LogP contribution in [0.2, 0.25) is 0 Å². The van der Waals surface area contributed by atoms with Crippen molar-refractivity contribution in [2.24, 2.45) is 0 Å². The number of aromatic nitrogens is 1. The smallest absolute Gasteiger partial charge is 0.303 e. The molecule has 0 aliphatic heterocycles. The summed E-state index contributed by atoms with van der Waals surface area (Å²) in [5.41, 5.74) is 4.40. The van der Waals surface area contributed by atoms with Gasteiger partial charge in [-0.25, -0.2) is 0 Å². The Morgan fingerprint density at radius 2 is 1.88 bits per heavy atom. The minimum atomic E-state index is -0.776. The molecule has 0 radical (unpaired) electrons. The molecule has 3 rings (SSSR count). The summed E-state index contributed by atoms with van der Waals surface area (Å²) in [5.74, 6) is 0.159. The molecular weight excluding hydrogens is 346 g/mol. The SMILES string of the molecule is Cc1cccc(C)c1OCCn1c(CCC(=O)O)ccc1-c1cccs1. The van der Waals surface area contributed by atoms with Gasteiger partial charge in [0.15, 0.2) is 0 Å². The molecule has 136 valence electrons. The number of thiophene rings is 1. The second kappa shape index (κ2) is 8.23. The molecule has 0 unspecified atom stereocenters. The zero-order valence-corrected chi connectivity index (χ0v) is 15.9. The summed E-state index contributed by atoms with van der Waals surface area (Å²) in [6.45, 7) is 5.32. The highest BCUT2D eigenvalue weighted by Crippen LogP contribution is 2.28. The monoisotopic (exact) mass is 369 g/mol. The van der Waals surface area contributed by atoms with E-state index in [-0.39, 0.29) is 6.42 Å². The van der Waals surface area contributed by atoms with Crippen LogP contribution in [-0.2, 0) is 17.8 Å². The Morgan fingerprint density at radius 1 is 1.12 bits per heavy atom. The first-order valence-corrected chi connectivity index (χ1v) is 9.57. The number of carboxylic acid groups (broad SMARTS) is 1. The van der Waals surface area contributed by atoms with Crippen molar-refractivity contribution in [3.05, 3.63) is 64.7 Å². The van der Waals surface area contributed by atoms with E-state index in [9.17, 15) is 4.79 Å². The van der Waals surface area contributed by atoms with Crippen LogP contribution in [0.15, 0.2) is 47.8 Å². The van der Waals surface area contributed by atoms with Crippen molar-refractivity contribution in [2.45, 2.75) is 33.2 Å². The maximum atomic E-state index is 11.0. The predicted octanol–water partition coefficient (Wildman–Crippen LogP) is 4.93. The van der Waals surface area contributed by atoms with E-state index < -0.39 is 5.97 Å². The molecule has 1 N–H and O–H groups in total. The molecule has 0 saturated heterocycles. The highest BCUT2D eigenvalue weighted by atomic mass is 32.1. The summed E-state index contributed by atoms with van der Waals surface area (Å²) in [4.78, 5) is 12.1. The molecule has 2 aromatic heterocycles. The normalized spacial score (nSPS) is 10.8. The van der Waals surface area contributed by atoms with E-state index in [4.69, 9.17) is 9.84 Å². The lowest BCUT2D eigenvalue weighted by molar-refractivity contribution is -0.136. The van der Waals surface area contributed by atoms with Crippen LogP contribution in [0, 0.1) is 13.8 Å². The standard InChI is InChI=1S/C21H23NO3S/c1-15-5-3-6-16(2)21(15)25-13-12-22-17(9-11-20(23)24)8-10-18(22)19-7-4-14-26-19/h3-8,10,14H,9,11-13H2,1-2H3,(H,23,24). The average Bonchev–Trinajstić information content (AvgIpc) is 3.25. The van der Waals surface area contributed by atoms with Crippen molar-refractivity contribution in [1.29, 1.82) is 0 Å². The molecule has 1 aromatic carbocycles. The lowest BCUT2D eigenvalue weighted by Crippen LogP contribution is -2.13. The summed E-state index contributed by atoms with van der Waals surface area (Å²) >= 11 is 1.68. The first kappa shape index (κ1) is 18.3. The maximum absolute atomic E-state index is 11.0. The van der Waals surface area contributed by atoms with Gasteiger partial charge in [-0.05, 0) is 55.0 Å². The van der Waals surface area contributed by atoms with Gasteiger partial charge in [0.25, 0.3) is 0 Å². The van der Waals surface area contributed by atoms with Crippen LogP contribution in [0.4, 0.5) is 0 Å². The fourth-order valence-electron chi connectivity index (χ4n) is 3.13. The first-order valence-electron chi connectivity index (χ1n) is 8.69. The van der Waals surface area contributed by atoms with Gasteiger partial charge in [-0.3, -0.25) is 4.79 Å². The lowest BCUT2D eigenvalue weighted by atomic mass is 10.1. The molecule has 0 saturated carbocycles. The zero-order chi connectivity index (χ0) is 18.5. The molecule has 0 aliphatic rings. The zero-order valence-electron chi connectivity index (χ0n) is 15.1. The predicted molar refractivity (Wildman–Crippen MR) is 105 cm³/mol. The van der Waals surface area contributed by atoms with Gasteiger partial charge in [0, 0.05) is 5.69 Å². The number of hydrogen-bond donors (Lipinski definition) is 1. The number of rotatable bonds is 8. The van der Waals surface area contributed by atoms with Crippen LogP contribution in [-0.4, -0.2) is 22.2 Å². The highest BCUT2D eigenvalue weighted by Gasteiger charge is 2.13. The molecule has 0 amide bonds. The van der Waals surface area contributed by atoms with Gasteiger partial charge in [-0.1, -0.05) is 24.3 Å².